The predicted octanol–water partition coefficient (Wildman–Crippen LogP) is 2.60. The van der Waals surface area contributed by atoms with E-state index < -0.39 is 0 Å². The average Bonchev–Trinajstić information content (AvgIpc) is 2.21. The van der Waals surface area contributed by atoms with E-state index >= 15 is 0 Å². The van der Waals surface area contributed by atoms with Crippen molar-refractivity contribution in [2.45, 2.75) is 19.8 Å². The number of carbonyl (C=O) groups excluding carboxylic acids is 1. The zero-order chi connectivity index (χ0) is 10.8. The molecule has 0 fully saturated rings. The molecular formula is C12H14ClNO. The Labute approximate surface area is 94.6 Å². The number of anilines is 1. The fourth-order valence-corrected chi connectivity index (χ4v) is 2.10. The molecule has 1 heterocycles. The molecule has 0 bridgehead atoms. The van der Waals surface area contributed by atoms with Crippen molar-refractivity contribution in [3.05, 3.63) is 29.3 Å². The van der Waals surface area contributed by atoms with E-state index in [4.69, 9.17) is 11.6 Å². The molecule has 1 atom stereocenters. The Hall–Kier alpha value is -1.02. The Balaban J connectivity index is 2.29. The molecule has 1 aliphatic heterocycles. The smallest absolute Gasteiger partial charge is 0.227 e. The Morgan fingerprint density at radius 2 is 2.33 bits per heavy atom. The summed E-state index contributed by atoms with van der Waals surface area (Å²) in [5, 5.41) is 2.91. The maximum absolute atomic E-state index is 11.4. The highest BCUT2D eigenvalue weighted by Gasteiger charge is 2.21. The van der Waals surface area contributed by atoms with E-state index in [0.717, 1.165) is 18.5 Å². The van der Waals surface area contributed by atoms with Gasteiger partial charge in [0.2, 0.25) is 5.91 Å². The lowest BCUT2D eigenvalue weighted by Gasteiger charge is -2.22. The summed E-state index contributed by atoms with van der Waals surface area (Å²) in [6.07, 6.45) is 1.72. The molecule has 15 heavy (non-hydrogen) atoms. The van der Waals surface area contributed by atoms with Crippen LogP contribution in [0.1, 0.15) is 18.1 Å². The summed E-state index contributed by atoms with van der Waals surface area (Å²) in [4.78, 5) is 11.4. The second-order valence-electron chi connectivity index (χ2n) is 4.02. The van der Waals surface area contributed by atoms with Crippen molar-refractivity contribution in [2.75, 3.05) is 11.2 Å². The minimum absolute atomic E-state index is 0.0729. The van der Waals surface area contributed by atoms with Crippen molar-refractivity contribution in [1.82, 2.24) is 0 Å². The molecular weight excluding hydrogens is 210 g/mol. The van der Waals surface area contributed by atoms with Crippen LogP contribution in [0.5, 0.6) is 0 Å². The van der Waals surface area contributed by atoms with E-state index in [1.54, 1.807) is 0 Å². The van der Waals surface area contributed by atoms with Gasteiger partial charge >= 0.3 is 0 Å². The van der Waals surface area contributed by atoms with Gasteiger partial charge in [-0.1, -0.05) is 19.1 Å². The molecule has 1 unspecified atom stereocenters. The Bertz CT molecular complexity index is 389. The van der Waals surface area contributed by atoms with Crippen molar-refractivity contribution in [3.8, 4) is 0 Å². The number of aryl methyl sites for hydroxylation is 1. The Morgan fingerprint density at radius 3 is 3.07 bits per heavy atom. The van der Waals surface area contributed by atoms with Crippen LogP contribution in [-0.4, -0.2) is 11.8 Å². The van der Waals surface area contributed by atoms with Crippen molar-refractivity contribution in [3.63, 3.8) is 0 Å². The van der Waals surface area contributed by atoms with Crippen LogP contribution < -0.4 is 5.32 Å². The Kier molecular flexibility index (Phi) is 2.96. The predicted molar refractivity (Wildman–Crippen MR) is 62.4 cm³/mol. The van der Waals surface area contributed by atoms with Crippen LogP contribution in [0.25, 0.3) is 0 Å². The standard InChI is InChI=1S/C12H14ClNO/c1-8-6-10-7-9(4-5-13)2-3-11(10)14-12(8)15/h2-3,7-8H,4-6H2,1H3,(H,14,15). The number of carbonyl (C=O) groups is 1. The molecule has 1 aromatic carbocycles. The summed E-state index contributed by atoms with van der Waals surface area (Å²) in [5.41, 5.74) is 3.42. The quantitative estimate of drug-likeness (QED) is 0.768. The zero-order valence-corrected chi connectivity index (χ0v) is 9.47. The molecule has 1 N–H and O–H groups in total. The van der Waals surface area contributed by atoms with Crippen LogP contribution in [0.15, 0.2) is 18.2 Å². The van der Waals surface area contributed by atoms with Crippen LogP contribution in [0.3, 0.4) is 0 Å². The van der Waals surface area contributed by atoms with Gasteiger partial charge < -0.3 is 5.32 Å². The molecule has 2 nitrogen and oxygen atoms in total. The third-order valence-corrected chi connectivity index (χ3v) is 2.97. The van der Waals surface area contributed by atoms with Crippen LogP contribution in [0.4, 0.5) is 5.69 Å². The summed E-state index contributed by atoms with van der Waals surface area (Å²) < 4.78 is 0. The molecule has 2 rings (SSSR count). The lowest BCUT2D eigenvalue weighted by molar-refractivity contribution is -0.119. The first kappa shape index (κ1) is 10.5. The SMILES string of the molecule is CC1Cc2cc(CCCl)ccc2NC1=O. The summed E-state index contributed by atoms with van der Waals surface area (Å²) in [6, 6.07) is 6.14. The Morgan fingerprint density at radius 1 is 1.53 bits per heavy atom. The van der Waals surface area contributed by atoms with E-state index in [0.29, 0.717) is 5.88 Å². The molecule has 80 valence electrons. The van der Waals surface area contributed by atoms with Crippen molar-refractivity contribution in [2.24, 2.45) is 5.92 Å². The third kappa shape index (κ3) is 2.15. The number of hydrogen-bond acceptors (Lipinski definition) is 1. The maximum atomic E-state index is 11.4. The number of halogens is 1. The number of nitrogens with one attached hydrogen (secondary N) is 1. The van der Waals surface area contributed by atoms with E-state index in [9.17, 15) is 4.79 Å². The van der Waals surface area contributed by atoms with Crippen LogP contribution >= 0.6 is 11.6 Å². The maximum Gasteiger partial charge on any atom is 0.227 e. The fourth-order valence-electron chi connectivity index (χ4n) is 1.88. The van der Waals surface area contributed by atoms with Crippen molar-refractivity contribution >= 4 is 23.2 Å². The summed E-state index contributed by atoms with van der Waals surface area (Å²) in [7, 11) is 0. The van der Waals surface area contributed by atoms with E-state index in [2.05, 4.69) is 11.4 Å². The summed E-state index contributed by atoms with van der Waals surface area (Å²) in [6.45, 7) is 1.95. The van der Waals surface area contributed by atoms with Crippen LogP contribution in [0, 0.1) is 5.92 Å². The van der Waals surface area contributed by atoms with Gasteiger partial charge in [0, 0.05) is 17.5 Å². The molecule has 0 aromatic heterocycles. The fraction of sp³-hybridized carbons (Fsp3) is 0.417. The van der Waals surface area contributed by atoms with E-state index in [-0.39, 0.29) is 11.8 Å². The lowest BCUT2D eigenvalue weighted by atomic mass is 9.93. The normalized spacial score (nSPS) is 19.6. The average molecular weight is 224 g/mol. The topological polar surface area (TPSA) is 29.1 Å². The van der Waals surface area contributed by atoms with Gasteiger partial charge in [-0.3, -0.25) is 4.79 Å². The monoisotopic (exact) mass is 223 g/mol. The molecule has 0 aliphatic carbocycles. The zero-order valence-electron chi connectivity index (χ0n) is 8.72. The highest BCUT2D eigenvalue weighted by atomic mass is 35.5. The molecule has 0 saturated heterocycles. The molecule has 0 radical (unpaired) electrons. The third-order valence-electron chi connectivity index (χ3n) is 2.78. The first-order valence-electron chi connectivity index (χ1n) is 5.19. The van der Waals surface area contributed by atoms with Gasteiger partial charge in [0.25, 0.3) is 0 Å². The summed E-state index contributed by atoms with van der Waals surface area (Å²) >= 11 is 5.70. The molecule has 0 spiro atoms. The van der Waals surface area contributed by atoms with Gasteiger partial charge in [-0.2, -0.15) is 0 Å². The first-order chi connectivity index (χ1) is 7.20. The number of amides is 1. The summed E-state index contributed by atoms with van der Waals surface area (Å²) in [5.74, 6) is 0.831. The second kappa shape index (κ2) is 4.23. The van der Waals surface area contributed by atoms with Crippen LogP contribution in [-0.2, 0) is 17.6 Å². The number of hydrogen-bond donors (Lipinski definition) is 1. The van der Waals surface area contributed by atoms with E-state index in [1.165, 1.54) is 11.1 Å². The van der Waals surface area contributed by atoms with Crippen molar-refractivity contribution in [1.29, 1.82) is 0 Å². The second-order valence-corrected chi connectivity index (χ2v) is 4.40. The highest BCUT2D eigenvalue weighted by Crippen LogP contribution is 2.26. The number of rotatable bonds is 2. The van der Waals surface area contributed by atoms with Gasteiger partial charge in [0.05, 0.1) is 0 Å². The van der Waals surface area contributed by atoms with Gasteiger partial charge in [0.15, 0.2) is 0 Å². The van der Waals surface area contributed by atoms with Crippen LogP contribution in [0.2, 0.25) is 0 Å². The molecule has 1 aromatic rings. The van der Waals surface area contributed by atoms with Gasteiger partial charge in [0.1, 0.15) is 0 Å². The molecule has 1 aliphatic rings. The lowest BCUT2D eigenvalue weighted by Crippen LogP contribution is -2.27. The minimum atomic E-state index is 0.0729. The number of fused-ring (bicyclic) bond motifs is 1. The van der Waals surface area contributed by atoms with Gasteiger partial charge in [-0.15, -0.1) is 11.6 Å². The van der Waals surface area contributed by atoms with Gasteiger partial charge in [-0.25, -0.2) is 0 Å². The minimum Gasteiger partial charge on any atom is -0.326 e. The first-order valence-corrected chi connectivity index (χ1v) is 5.73. The van der Waals surface area contributed by atoms with E-state index in [1.807, 2.05) is 19.1 Å². The number of benzene rings is 1. The molecule has 3 heteroatoms. The van der Waals surface area contributed by atoms with Crippen molar-refractivity contribution < 1.29 is 4.79 Å². The number of alkyl halides is 1. The largest absolute Gasteiger partial charge is 0.326 e. The molecule has 0 saturated carbocycles. The highest BCUT2D eigenvalue weighted by molar-refractivity contribution is 6.18. The molecule has 1 amide bonds. The van der Waals surface area contributed by atoms with Gasteiger partial charge in [-0.05, 0) is 30.0 Å².